The SMILES string of the molecule is CC(C)C(N)C(=O)NC(C(=O)NC(CS)C(=O)NC(CS)C(=O)O)C(C)C. The van der Waals surface area contributed by atoms with Gasteiger partial charge in [-0.05, 0) is 11.8 Å². The summed E-state index contributed by atoms with van der Waals surface area (Å²) in [5.74, 6) is -3.52. The summed E-state index contributed by atoms with van der Waals surface area (Å²) in [7, 11) is 0. The van der Waals surface area contributed by atoms with Crippen LogP contribution in [-0.4, -0.2) is 64.5 Å². The van der Waals surface area contributed by atoms with Crippen LogP contribution >= 0.6 is 25.3 Å². The van der Waals surface area contributed by atoms with Crippen LogP contribution in [0.1, 0.15) is 27.7 Å². The fraction of sp³-hybridized carbons (Fsp3) is 0.750. The third kappa shape index (κ3) is 8.39. The van der Waals surface area contributed by atoms with Crippen molar-refractivity contribution in [2.75, 3.05) is 11.5 Å². The van der Waals surface area contributed by atoms with Crippen molar-refractivity contribution in [3.05, 3.63) is 0 Å². The third-order valence-corrected chi connectivity index (χ3v) is 4.61. The van der Waals surface area contributed by atoms with Gasteiger partial charge in [0.1, 0.15) is 18.1 Å². The molecule has 4 atom stereocenters. The summed E-state index contributed by atoms with van der Waals surface area (Å²) in [5, 5.41) is 16.4. The lowest BCUT2D eigenvalue weighted by atomic mass is 10.00. The molecule has 0 aliphatic carbocycles. The first-order valence-electron chi connectivity index (χ1n) is 8.57. The molecular formula is C16H30N4O5S2. The van der Waals surface area contributed by atoms with Crippen LogP contribution in [0.3, 0.4) is 0 Å². The zero-order chi connectivity index (χ0) is 21.3. The van der Waals surface area contributed by atoms with Crippen molar-refractivity contribution >= 4 is 48.9 Å². The van der Waals surface area contributed by atoms with Crippen LogP contribution in [-0.2, 0) is 19.2 Å². The largest absolute Gasteiger partial charge is 0.480 e. The zero-order valence-electron chi connectivity index (χ0n) is 15.9. The van der Waals surface area contributed by atoms with E-state index in [1.807, 2.05) is 0 Å². The number of thiol groups is 2. The topological polar surface area (TPSA) is 151 Å². The number of nitrogens with two attached hydrogens (primary N) is 1. The van der Waals surface area contributed by atoms with E-state index in [-0.39, 0.29) is 23.3 Å². The van der Waals surface area contributed by atoms with E-state index in [0.29, 0.717) is 0 Å². The van der Waals surface area contributed by atoms with Gasteiger partial charge in [-0.3, -0.25) is 14.4 Å². The average Bonchev–Trinajstić information content (AvgIpc) is 2.59. The van der Waals surface area contributed by atoms with Gasteiger partial charge in [-0.1, -0.05) is 27.7 Å². The van der Waals surface area contributed by atoms with Crippen LogP contribution in [0.2, 0.25) is 0 Å². The van der Waals surface area contributed by atoms with E-state index in [1.54, 1.807) is 27.7 Å². The molecule has 0 rings (SSSR count). The number of carbonyl (C=O) groups excluding carboxylic acids is 3. The highest BCUT2D eigenvalue weighted by Crippen LogP contribution is 2.06. The van der Waals surface area contributed by atoms with Crippen LogP contribution in [0.4, 0.5) is 0 Å². The molecule has 0 aromatic heterocycles. The Morgan fingerprint density at radius 1 is 0.815 bits per heavy atom. The number of amides is 3. The van der Waals surface area contributed by atoms with E-state index in [1.165, 1.54) is 0 Å². The molecule has 0 fully saturated rings. The van der Waals surface area contributed by atoms with Crippen molar-refractivity contribution in [2.24, 2.45) is 17.6 Å². The second-order valence-corrected chi connectivity index (χ2v) is 7.56. The summed E-state index contributed by atoms with van der Waals surface area (Å²) < 4.78 is 0. The minimum atomic E-state index is -1.24. The summed E-state index contributed by atoms with van der Waals surface area (Å²) in [6, 6.07) is -3.93. The third-order valence-electron chi connectivity index (χ3n) is 3.88. The monoisotopic (exact) mass is 422 g/mol. The molecule has 0 saturated heterocycles. The number of carboxylic acid groups (broad SMARTS) is 1. The Labute approximate surface area is 170 Å². The normalized spacial score (nSPS) is 15.6. The highest BCUT2D eigenvalue weighted by atomic mass is 32.1. The summed E-state index contributed by atoms with van der Waals surface area (Å²) >= 11 is 7.90. The van der Waals surface area contributed by atoms with Crippen LogP contribution in [0, 0.1) is 11.8 Å². The molecule has 0 bridgehead atoms. The van der Waals surface area contributed by atoms with Gasteiger partial charge in [-0.2, -0.15) is 25.3 Å². The average molecular weight is 423 g/mol. The summed E-state index contributed by atoms with van der Waals surface area (Å²) in [5.41, 5.74) is 5.80. The molecule has 0 aliphatic rings. The lowest BCUT2D eigenvalue weighted by Gasteiger charge is -2.27. The number of hydrogen-bond donors (Lipinski definition) is 7. The number of hydrogen-bond acceptors (Lipinski definition) is 7. The van der Waals surface area contributed by atoms with Crippen molar-refractivity contribution in [2.45, 2.75) is 51.9 Å². The number of rotatable bonds is 11. The van der Waals surface area contributed by atoms with Gasteiger partial charge in [0.05, 0.1) is 6.04 Å². The number of aliphatic carboxylic acids is 1. The van der Waals surface area contributed by atoms with Gasteiger partial charge in [-0.25, -0.2) is 4.79 Å². The molecule has 0 aromatic carbocycles. The van der Waals surface area contributed by atoms with Gasteiger partial charge in [0, 0.05) is 11.5 Å². The smallest absolute Gasteiger partial charge is 0.327 e. The second-order valence-electron chi connectivity index (χ2n) is 6.83. The lowest BCUT2D eigenvalue weighted by molar-refractivity contribution is -0.141. The van der Waals surface area contributed by atoms with E-state index < -0.39 is 47.9 Å². The van der Waals surface area contributed by atoms with Crippen LogP contribution in [0.5, 0.6) is 0 Å². The molecule has 9 nitrogen and oxygen atoms in total. The number of nitrogens with one attached hydrogen (secondary N) is 3. The highest BCUT2D eigenvalue weighted by Gasteiger charge is 2.31. The Kier molecular flexibility index (Phi) is 11.4. The van der Waals surface area contributed by atoms with E-state index in [9.17, 15) is 19.2 Å². The van der Waals surface area contributed by atoms with Gasteiger partial charge in [-0.15, -0.1) is 0 Å². The first kappa shape index (κ1) is 25.5. The van der Waals surface area contributed by atoms with Crippen molar-refractivity contribution in [1.82, 2.24) is 16.0 Å². The molecule has 156 valence electrons. The quantitative estimate of drug-likeness (QED) is 0.213. The van der Waals surface area contributed by atoms with Crippen LogP contribution < -0.4 is 21.7 Å². The van der Waals surface area contributed by atoms with Crippen molar-refractivity contribution < 1.29 is 24.3 Å². The highest BCUT2D eigenvalue weighted by molar-refractivity contribution is 7.80. The van der Waals surface area contributed by atoms with Gasteiger partial charge < -0.3 is 26.8 Å². The predicted molar refractivity (Wildman–Crippen MR) is 109 cm³/mol. The fourth-order valence-electron chi connectivity index (χ4n) is 2.00. The van der Waals surface area contributed by atoms with Crippen molar-refractivity contribution in [3.8, 4) is 0 Å². The first-order chi connectivity index (χ1) is 12.5. The molecule has 27 heavy (non-hydrogen) atoms. The minimum Gasteiger partial charge on any atom is -0.480 e. The van der Waals surface area contributed by atoms with Gasteiger partial charge in [0.25, 0.3) is 0 Å². The number of carboxylic acids is 1. The molecule has 0 saturated carbocycles. The van der Waals surface area contributed by atoms with Gasteiger partial charge in [0.15, 0.2) is 0 Å². The van der Waals surface area contributed by atoms with Crippen LogP contribution in [0.25, 0.3) is 0 Å². The molecular weight excluding hydrogens is 392 g/mol. The Morgan fingerprint density at radius 3 is 1.67 bits per heavy atom. The summed E-state index contributed by atoms with van der Waals surface area (Å²) in [6.45, 7) is 7.05. The van der Waals surface area contributed by atoms with Crippen molar-refractivity contribution in [1.29, 1.82) is 0 Å². The fourth-order valence-corrected chi connectivity index (χ4v) is 2.51. The van der Waals surface area contributed by atoms with E-state index in [4.69, 9.17) is 10.8 Å². The van der Waals surface area contributed by atoms with E-state index >= 15 is 0 Å². The molecule has 4 unspecified atom stereocenters. The Morgan fingerprint density at radius 2 is 1.30 bits per heavy atom. The Balaban J connectivity index is 5.10. The molecule has 0 aliphatic heterocycles. The predicted octanol–water partition coefficient (Wildman–Crippen LogP) is -0.976. The van der Waals surface area contributed by atoms with Gasteiger partial charge >= 0.3 is 5.97 Å². The Hall–Kier alpha value is -1.46. The molecule has 0 radical (unpaired) electrons. The Bertz CT molecular complexity index is 545. The summed E-state index contributed by atoms with van der Waals surface area (Å²) in [4.78, 5) is 48.0. The lowest BCUT2D eigenvalue weighted by Crippen LogP contribution is -2.59. The zero-order valence-corrected chi connectivity index (χ0v) is 17.7. The molecule has 6 N–H and O–H groups in total. The molecule has 0 heterocycles. The molecule has 0 spiro atoms. The molecule has 3 amide bonds. The maximum absolute atomic E-state index is 12.6. The van der Waals surface area contributed by atoms with E-state index in [2.05, 4.69) is 41.2 Å². The standard InChI is InChI=1S/C16H30N4O5S2/c1-7(2)11(17)14(22)20-12(8(3)4)15(23)18-9(5-26)13(21)19-10(6-27)16(24)25/h7-12,26-27H,5-6,17H2,1-4H3,(H,18,23)(H,19,21)(H,20,22)(H,24,25). The maximum Gasteiger partial charge on any atom is 0.327 e. The van der Waals surface area contributed by atoms with Crippen LogP contribution in [0.15, 0.2) is 0 Å². The first-order valence-corrected chi connectivity index (χ1v) is 9.83. The van der Waals surface area contributed by atoms with Crippen molar-refractivity contribution in [3.63, 3.8) is 0 Å². The maximum atomic E-state index is 12.6. The molecule has 0 aromatic rings. The van der Waals surface area contributed by atoms with Gasteiger partial charge in [0.2, 0.25) is 17.7 Å². The van der Waals surface area contributed by atoms with E-state index in [0.717, 1.165) is 0 Å². The summed E-state index contributed by atoms with van der Waals surface area (Å²) in [6.07, 6.45) is 0. The molecule has 11 heteroatoms. The number of carbonyl (C=O) groups is 4. The second kappa shape index (κ2) is 12.1. The minimum absolute atomic E-state index is 0.0548.